The predicted molar refractivity (Wildman–Crippen MR) is 141 cm³/mol. The third kappa shape index (κ3) is 6.32. The molecule has 37 heavy (non-hydrogen) atoms. The second-order valence-corrected chi connectivity index (χ2v) is 9.78. The molecule has 2 fully saturated rings. The van der Waals surface area contributed by atoms with E-state index in [1.807, 2.05) is 24.3 Å². The molecule has 1 amide bonds. The number of amides is 1. The van der Waals surface area contributed by atoms with E-state index in [1.165, 1.54) is 0 Å². The van der Waals surface area contributed by atoms with E-state index < -0.39 is 17.7 Å². The van der Waals surface area contributed by atoms with E-state index in [-0.39, 0.29) is 11.3 Å². The summed E-state index contributed by atoms with van der Waals surface area (Å²) in [4.78, 5) is 30.4. The van der Waals surface area contributed by atoms with E-state index >= 15 is 0 Å². The van der Waals surface area contributed by atoms with Gasteiger partial charge in [0.05, 0.1) is 38.5 Å². The van der Waals surface area contributed by atoms with Crippen LogP contribution < -0.4 is 9.47 Å². The zero-order chi connectivity index (χ0) is 26.4. The van der Waals surface area contributed by atoms with Crippen LogP contribution in [0, 0.1) is 5.92 Å². The minimum absolute atomic E-state index is 0.0801. The number of benzene rings is 2. The summed E-state index contributed by atoms with van der Waals surface area (Å²) in [6.07, 6.45) is 0.916. The molecule has 0 radical (unpaired) electrons. The molecule has 2 saturated heterocycles. The first-order chi connectivity index (χ1) is 17.9. The number of nitrogens with zero attached hydrogens (tertiary/aromatic N) is 2. The third-order valence-electron chi connectivity index (χ3n) is 6.80. The SMILES string of the molecule is COc1ccc(C(O)=C2C(=O)C(=O)N(CCN3CCOCC3)C2c2cccc(OCCC(C)C)c2)cc1. The lowest BCUT2D eigenvalue weighted by atomic mass is 9.95. The highest BCUT2D eigenvalue weighted by molar-refractivity contribution is 6.46. The first kappa shape index (κ1) is 26.7. The first-order valence-corrected chi connectivity index (χ1v) is 12.8. The minimum atomic E-state index is -0.725. The number of morpholine rings is 1. The van der Waals surface area contributed by atoms with Gasteiger partial charge in [0.2, 0.25) is 0 Å². The molecule has 2 aliphatic rings. The number of likely N-dealkylation sites (tertiary alicyclic amines) is 1. The standard InChI is InChI=1S/C29H36N2O6/c1-20(2)11-16-37-24-6-4-5-22(19-24)26-25(27(32)21-7-9-23(35-3)10-8-21)28(33)29(34)31(26)13-12-30-14-17-36-18-15-30/h4-10,19-20,26,32H,11-18H2,1-3H3. The molecule has 198 valence electrons. The van der Waals surface area contributed by atoms with Gasteiger partial charge in [0.15, 0.2) is 0 Å². The average Bonchev–Trinajstić information content (AvgIpc) is 3.17. The molecule has 2 heterocycles. The Balaban J connectivity index is 1.69. The Morgan fingerprint density at radius 1 is 1.05 bits per heavy atom. The van der Waals surface area contributed by atoms with E-state index in [9.17, 15) is 14.7 Å². The monoisotopic (exact) mass is 508 g/mol. The summed E-state index contributed by atoms with van der Waals surface area (Å²) in [7, 11) is 1.56. The van der Waals surface area contributed by atoms with E-state index in [1.54, 1.807) is 36.3 Å². The molecule has 0 aliphatic carbocycles. The number of aliphatic hydroxyl groups excluding tert-OH is 1. The van der Waals surface area contributed by atoms with E-state index in [0.29, 0.717) is 55.9 Å². The van der Waals surface area contributed by atoms with E-state index in [0.717, 1.165) is 25.1 Å². The summed E-state index contributed by atoms with van der Waals surface area (Å²) in [5.74, 6) is 0.309. The molecule has 2 aromatic carbocycles. The van der Waals surface area contributed by atoms with Crippen LogP contribution >= 0.6 is 0 Å². The van der Waals surface area contributed by atoms with Crippen molar-refractivity contribution < 1.29 is 28.9 Å². The van der Waals surface area contributed by atoms with Crippen molar-refractivity contribution in [2.24, 2.45) is 5.92 Å². The first-order valence-electron chi connectivity index (χ1n) is 12.8. The van der Waals surface area contributed by atoms with Crippen molar-refractivity contribution in [1.82, 2.24) is 9.80 Å². The molecule has 1 N–H and O–H groups in total. The number of rotatable bonds is 10. The molecule has 2 aliphatic heterocycles. The Hall–Kier alpha value is -3.36. The molecule has 0 bridgehead atoms. The van der Waals surface area contributed by atoms with Gasteiger partial charge in [0, 0.05) is 31.7 Å². The fourth-order valence-corrected chi connectivity index (χ4v) is 4.62. The van der Waals surface area contributed by atoms with Crippen molar-refractivity contribution >= 4 is 17.4 Å². The van der Waals surface area contributed by atoms with Gasteiger partial charge in [-0.15, -0.1) is 0 Å². The highest BCUT2D eigenvalue weighted by Gasteiger charge is 2.46. The van der Waals surface area contributed by atoms with Gasteiger partial charge in [0.1, 0.15) is 17.3 Å². The van der Waals surface area contributed by atoms with Crippen LogP contribution in [0.2, 0.25) is 0 Å². The molecule has 0 saturated carbocycles. The van der Waals surface area contributed by atoms with Crippen molar-refractivity contribution in [2.75, 3.05) is 53.1 Å². The van der Waals surface area contributed by atoms with Gasteiger partial charge in [-0.2, -0.15) is 0 Å². The number of ether oxygens (including phenoxy) is 3. The number of carbonyl (C=O) groups is 2. The number of Topliss-reactive ketones (excluding diaryl/α,β-unsaturated/α-hetero) is 1. The van der Waals surface area contributed by atoms with Crippen LogP contribution in [-0.4, -0.2) is 79.7 Å². The van der Waals surface area contributed by atoms with E-state index in [4.69, 9.17) is 14.2 Å². The normalized spacial score (nSPS) is 20.0. The number of methoxy groups -OCH3 is 1. The van der Waals surface area contributed by atoms with Gasteiger partial charge in [-0.3, -0.25) is 14.5 Å². The Labute approximate surface area is 218 Å². The number of hydrogen-bond acceptors (Lipinski definition) is 7. The summed E-state index contributed by atoms with van der Waals surface area (Å²) < 4.78 is 16.6. The van der Waals surface area contributed by atoms with Crippen molar-refractivity contribution in [3.8, 4) is 11.5 Å². The van der Waals surface area contributed by atoms with Gasteiger partial charge in [-0.05, 0) is 54.3 Å². The quantitative estimate of drug-likeness (QED) is 0.296. The van der Waals surface area contributed by atoms with Crippen LogP contribution in [0.5, 0.6) is 11.5 Å². The summed E-state index contributed by atoms with van der Waals surface area (Å²) >= 11 is 0. The molecule has 8 heteroatoms. The summed E-state index contributed by atoms with van der Waals surface area (Å²) in [6.45, 7) is 8.67. The molecular formula is C29H36N2O6. The van der Waals surface area contributed by atoms with Crippen LogP contribution in [0.15, 0.2) is 54.1 Å². The summed E-state index contributed by atoms with van der Waals surface area (Å²) in [5, 5.41) is 11.3. The average molecular weight is 509 g/mol. The molecule has 4 rings (SSSR count). The molecule has 0 aromatic heterocycles. The fourth-order valence-electron chi connectivity index (χ4n) is 4.62. The summed E-state index contributed by atoms with van der Waals surface area (Å²) in [6, 6.07) is 13.5. The van der Waals surface area contributed by atoms with E-state index in [2.05, 4.69) is 18.7 Å². The maximum Gasteiger partial charge on any atom is 0.295 e. The number of hydrogen-bond donors (Lipinski definition) is 1. The molecule has 1 atom stereocenters. The highest BCUT2D eigenvalue weighted by atomic mass is 16.5. The van der Waals surface area contributed by atoms with Crippen molar-refractivity contribution in [3.63, 3.8) is 0 Å². The Morgan fingerprint density at radius 3 is 2.46 bits per heavy atom. The Morgan fingerprint density at radius 2 is 1.78 bits per heavy atom. The molecule has 0 spiro atoms. The lowest BCUT2D eigenvalue weighted by Crippen LogP contribution is -2.42. The second-order valence-electron chi connectivity index (χ2n) is 9.78. The zero-order valence-electron chi connectivity index (χ0n) is 21.8. The number of ketones is 1. The topological polar surface area (TPSA) is 88.5 Å². The third-order valence-corrected chi connectivity index (χ3v) is 6.80. The van der Waals surface area contributed by atoms with Crippen LogP contribution in [0.4, 0.5) is 0 Å². The molecule has 8 nitrogen and oxygen atoms in total. The predicted octanol–water partition coefficient (Wildman–Crippen LogP) is 3.87. The van der Waals surface area contributed by atoms with Crippen LogP contribution in [0.3, 0.4) is 0 Å². The maximum atomic E-state index is 13.3. The van der Waals surface area contributed by atoms with Crippen molar-refractivity contribution in [1.29, 1.82) is 0 Å². The maximum absolute atomic E-state index is 13.3. The van der Waals surface area contributed by atoms with Crippen molar-refractivity contribution in [3.05, 3.63) is 65.2 Å². The number of aliphatic hydroxyl groups is 1. The van der Waals surface area contributed by atoms with Gasteiger partial charge in [-0.25, -0.2) is 0 Å². The molecular weight excluding hydrogens is 472 g/mol. The highest BCUT2D eigenvalue weighted by Crippen LogP contribution is 2.40. The lowest BCUT2D eigenvalue weighted by Gasteiger charge is -2.31. The minimum Gasteiger partial charge on any atom is -0.507 e. The van der Waals surface area contributed by atoms with Gasteiger partial charge < -0.3 is 24.2 Å². The molecule has 2 aromatic rings. The lowest BCUT2D eigenvalue weighted by molar-refractivity contribution is -0.140. The summed E-state index contributed by atoms with van der Waals surface area (Å²) in [5.41, 5.74) is 1.25. The largest absolute Gasteiger partial charge is 0.507 e. The van der Waals surface area contributed by atoms with Gasteiger partial charge in [-0.1, -0.05) is 26.0 Å². The number of carbonyl (C=O) groups excluding carboxylic acids is 2. The smallest absolute Gasteiger partial charge is 0.295 e. The zero-order valence-corrected chi connectivity index (χ0v) is 21.8. The molecule has 1 unspecified atom stereocenters. The second kappa shape index (κ2) is 12.3. The Bertz CT molecular complexity index is 1120. The van der Waals surface area contributed by atoms with Crippen LogP contribution in [0.25, 0.3) is 5.76 Å². The van der Waals surface area contributed by atoms with Gasteiger partial charge >= 0.3 is 0 Å². The Kier molecular flexibility index (Phi) is 8.84. The van der Waals surface area contributed by atoms with Crippen molar-refractivity contribution in [2.45, 2.75) is 26.3 Å². The van der Waals surface area contributed by atoms with Crippen LogP contribution in [-0.2, 0) is 14.3 Å². The van der Waals surface area contributed by atoms with Crippen LogP contribution in [0.1, 0.15) is 37.4 Å². The van der Waals surface area contributed by atoms with Gasteiger partial charge in [0.25, 0.3) is 11.7 Å². The fraction of sp³-hybridized carbons (Fsp3) is 0.448.